The third-order valence-electron chi connectivity index (χ3n) is 3.19. The van der Waals surface area contributed by atoms with Crippen LogP contribution in [0.2, 0.25) is 0 Å². The summed E-state index contributed by atoms with van der Waals surface area (Å²) in [6.07, 6.45) is 3.30. The Kier molecular flexibility index (Phi) is 4.85. The van der Waals surface area contributed by atoms with Crippen molar-refractivity contribution in [2.24, 2.45) is 0 Å². The number of rotatable bonds is 5. The standard InChI is InChI=1S/C16H19N3O/c1-12-5-3-4-6-15(12)13(2)18-11-16(20)19-14-7-9-17-10-8-14/h3-10,13,18H,11H2,1-2H3,(H,17,19,20)/t13-/m0/s1. The SMILES string of the molecule is Cc1ccccc1[C@H](C)NCC(=O)Nc1ccncc1. The first-order valence-electron chi connectivity index (χ1n) is 6.65. The minimum absolute atomic E-state index is 0.0587. The van der Waals surface area contributed by atoms with Gasteiger partial charge in [0, 0.05) is 24.1 Å². The number of nitrogens with zero attached hydrogens (tertiary/aromatic N) is 1. The monoisotopic (exact) mass is 269 g/mol. The van der Waals surface area contributed by atoms with Crippen LogP contribution in [0.15, 0.2) is 48.8 Å². The number of benzene rings is 1. The molecule has 20 heavy (non-hydrogen) atoms. The molecule has 4 heteroatoms. The summed E-state index contributed by atoms with van der Waals surface area (Å²) in [5, 5.41) is 6.05. The van der Waals surface area contributed by atoms with Gasteiger partial charge in [0.05, 0.1) is 6.54 Å². The Morgan fingerprint density at radius 3 is 2.60 bits per heavy atom. The van der Waals surface area contributed by atoms with Gasteiger partial charge in [-0.2, -0.15) is 0 Å². The second-order valence-electron chi connectivity index (χ2n) is 4.74. The Labute approximate surface area is 119 Å². The maximum Gasteiger partial charge on any atom is 0.238 e. The largest absolute Gasteiger partial charge is 0.325 e. The van der Waals surface area contributed by atoms with E-state index in [4.69, 9.17) is 0 Å². The van der Waals surface area contributed by atoms with E-state index in [2.05, 4.69) is 41.6 Å². The van der Waals surface area contributed by atoms with Crippen molar-refractivity contribution in [3.63, 3.8) is 0 Å². The number of carbonyl (C=O) groups excluding carboxylic acids is 1. The normalized spacial score (nSPS) is 11.9. The molecule has 0 saturated carbocycles. The molecule has 0 spiro atoms. The van der Waals surface area contributed by atoms with Crippen molar-refractivity contribution in [2.75, 3.05) is 11.9 Å². The molecule has 0 saturated heterocycles. The number of amides is 1. The van der Waals surface area contributed by atoms with Crippen LogP contribution >= 0.6 is 0 Å². The molecule has 1 atom stereocenters. The number of hydrogen-bond acceptors (Lipinski definition) is 3. The van der Waals surface area contributed by atoms with E-state index in [-0.39, 0.29) is 18.5 Å². The number of hydrogen-bond donors (Lipinski definition) is 2. The molecule has 0 aliphatic heterocycles. The molecule has 1 amide bonds. The first-order chi connectivity index (χ1) is 9.66. The molecule has 0 bridgehead atoms. The van der Waals surface area contributed by atoms with Crippen LogP contribution < -0.4 is 10.6 Å². The van der Waals surface area contributed by atoms with Gasteiger partial charge in [-0.15, -0.1) is 0 Å². The summed E-state index contributed by atoms with van der Waals surface area (Å²) in [6, 6.07) is 11.8. The summed E-state index contributed by atoms with van der Waals surface area (Å²) in [7, 11) is 0. The topological polar surface area (TPSA) is 54.0 Å². The number of nitrogens with one attached hydrogen (secondary N) is 2. The van der Waals surface area contributed by atoms with Gasteiger partial charge in [-0.25, -0.2) is 0 Å². The Morgan fingerprint density at radius 1 is 1.20 bits per heavy atom. The minimum Gasteiger partial charge on any atom is -0.325 e. The molecule has 104 valence electrons. The fourth-order valence-electron chi connectivity index (χ4n) is 2.07. The minimum atomic E-state index is -0.0587. The van der Waals surface area contributed by atoms with Crippen LogP contribution in [0.5, 0.6) is 0 Å². The second kappa shape index (κ2) is 6.82. The van der Waals surface area contributed by atoms with Gasteiger partial charge < -0.3 is 10.6 Å². The number of aryl methyl sites for hydroxylation is 1. The van der Waals surface area contributed by atoms with Gasteiger partial charge >= 0.3 is 0 Å². The van der Waals surface area contributed by atoms with Crippen LogP contribution in [-0.4, -0.2) is 17.4 Å². The fourth-order valence-corrected chi connectivity index (χ4v) is 2.07. The van der Waals surface area contributed by atoms with Crippen LogP contribution in [0.25, 0.3) is 0 Å². The molecule has 0 aliphatic rings. The molecule has 0 unspecified atom stereocenters. The van der Waals surface area contributed by atoms with Crippen LogP contribution in [0.4, 0.5) is 5.69 Å². The average Bonchev–Trinajstić information content (AvgIpc) is 2.46. The highest BCUT2D eigenvalue weighted by Crippen LogP contribution is 2.16. The zero-order valence-corrected chi connectivity index (χ0v) is 11.8. The van der Waals surface area contributed by atoms with E-state index >= 15 is 0 Å². The molecule has 1 heterocycles. The van der Waals surface area contributed by atoms with Gasteiger partial charge in [0.25, 0.3) is 0 Å². The summed E-state index contributed by atoms with van der Waals surface area (Å²) < 4.78 is 0. The third-order valence-corrected chi connectivity index (χ3v) is 3.19. The lowest BCUT2D eigenvalue weighted by molar-refractivity contribution is -0.115. The zero-order valence-electron chi connectivity index (χ0n) is 11.8. The van der Waals surface area contributed by atoms with Gasteiger partial charge in [0.1, 0.15) is 0 Å². The second-order valence-corrected chi connectivity index (χ2v) is 4.74. The number of anilines is 1. The lowest BCUT2D eigenvalue weighted by Gasteiger charge is -2.16. The molecular weight excluding hydrogens is 250 g/mol. The number of carbonyl (C=O) groups is 1. The first kappa shape index (κ1) is 14.2. The van der Waals surface area contributed by atoms with Crippen molar-refractivity contribution in [1.82, 2.24) is 10.3 Å². The van der Waals surface area contributed by atoms with E-state index < -0.39 is 0 Å². The van der Waals surface area contributed by atoms with Crippen molar-refractivity contribution in [3.8, 4) is 0 Å². The van der Waals surface area contributed by atoms with E-state index in [1.807, 2.05) is 12.1 Å². The highest BCUT2D eigenvalue weighted by atomic mass is 16.1. The van der Waals surface area contributed by atoms with Crippen LogP contribution in [0.3, 0.4) is 0 Å². The lowest BCUT2D eigenvalue weighted by Crippen LogP contribution is -2.30. The predicted molar refractivity (Wildman–Crippen MR) is 80.5 cm³/mol. The Morgan fingerprint density at radius 2 is 1.90 bits per heavy atom. The molecule has 0 aliphatic carbocycles. The molecule has 2 rings (SSSR count). The van der Waals surface area contributed by atoms with Gasteiger partial charge in [0.2, 0.25) is 5.91 Å². The van der Waals surface area contributed by atoms with E-state index in [1.165, 1.54) is 11.1 Å². The zero-order chi connectivity index (χ0) is 14.4. The van der Waals surface area contributed by atoms with Gasteiger partial charge in [-0.05, 0) is 37.1 Å². The van der Waals surface area contributed by atoms with Crippen LogP contribution in [-0.2, 0) is 4.79 Å². The summed E-state index contributed by atoms with van der Waals surface area (Å²) in [4.78, 5) is 15.7. The van der Waals surface area contributed by atoms with Crippen molar-refractivity contribution in [3.05, 3.63) is 59.9 Å². The molecular formula is C16H19N3O. The molecule has 0 radical (unpaired) electrons. The quantitative estimate of drug-likeness (QED) is 0.877. The predicted octanol–water partition coefficient (Wildman–Crippen LogP) is 2.68. The maximum absolute atomic E-state index is 11.8. The highest BCUT2D eigenvalue weighted by Gasteiger charge is 2.09. The van der Waals surface area contributed by atoms with E-state index in [0.717, 1.165) is 5.69 Å². The summed E-state index contributed by atoms with van der Waals surface area (Å²) in [5.74, 6) is -0.0587. The van der Waals surface area contributed by atoms with Crippen molar-refractivity contribution < 1.29 is 4.79 Å². The Bertz CT molecular complexity index is 569. The van der Waals surface area contributed by atoms with E-state index in [0.29, 0.717) is 0 Å². The Hall–Kier alpha value is -2.20. The van der Waals surface area contributed by atoms with Crippen molar-refractivity contribution in [1.29, 1.82) is 0 Å². The molecule has 2 aromatic rings. The van der Waals surface area contributed by atoms with Gasteiger partial charge in [0.15, 0.2) is 0 Å². The summed E-state index contributed by atoms with van der Waals surface area (Å²) in [6.45, 7) is 4.41. The molecule has 1 aromatic carbocycles. The third kappa shape index (κ3) is 3.90. The smallest absolute Gasteiger partial charge is 0.238 e. The van der Waals surface area contributed by atoms with Crippen LogP contribution in [0.1, 0.15) is 24.1 Å². The average molecular weight is 269 g/mol. The molecule has 2 N–H and O–H groups in total. The maximum atomic E-state index is 11.8. The summed E-state index contributed by atoms with van der Waals surface area (Å²) in [5.41, 5.74) is 3.20. The fraction of sp³-hybridized carbons (Fsp3) is 0.250. The van der Waals surface area contributed by atoms with E-state index in [1.54, 1.807) is 24.5 Å². The van der Waals surface area contributed by atoms with Crippen molar-refractivity contribution in [2.45, 2.75) is 19.9 Å². The number of pyridine rings is 1. The summed E-state index contributed by atoms with van der Waals surface area (Å²) >= 11 is 0. The number of aromatic nitrogens is 1. The Balaban J connectivity index is 1.86. The first-order valence-corrected chi connectivity index (χ1v) is 6.65. The van der Waals surface area contributed by atoms with Crippen LogP contribution in [0, 0.1) is 6.92 Å². The molecule has 4 nitrogen and oxygen atoms in total. The molecule has 1 aromatic heterocycles. The van der Waals surface area contributed by atoms with Gasteiger partial charge in [-0.1, -0.05) is 24.3 Å². The highest BCUT2D eigenvalue weighted by molar-refractivity contribution is 5.92. The van der Waals surface area contributed by atoms with Crippen molar-refractivity contribution >= 4 is 11.6 Å². The van der Waals surface area contributed by atoms with Gasteiger partial charge in [-0.3, -0.25) is 9.78 Å². The molecule has 0 fully saturated rings. The van der Waals surface area contributed by atoms with E-state index in [9.17, 15) is 4.79 Å². The lowest BCUT2D eigenvalue weighted by atomic mass is 10.0.